The number of nitrogens with one attached hydrogen (secondary N) is 2. The van der Waals surface area contributed by atoms with Crippen LogP contribution in [0.4, 0.5) is 0 Å². The molecule has 0 unspecified atom stereocenters. The van der Waals surface area contributed by atoms with Gasteiger partial charge in [-0.3, -0.25) is 0 Å². The minimum Gasteiger partial charge on any atom is -0.355 e. The molecule has 4 aromatic carbocycles. The number of aromatic nitrogens is 4. The van der Waals surface area contributed by atoms with Crippen LogP contribution >= 0.6 is 0 Å². The van der Waals surface area contributed by atoms with Crippen molar-refractivity contribution in [1.82, 2.24) is 19.9 Å². The second-order valence-corrected chi connectivity index (χ2v) is 10.9. The molecule has 4 nitrogen and oxygen atoms in total. The molecule has 8 bridgehead atoms. The molecule has 0 radical (unpaired) electrons. The third-order valence-electron chi connectivity index (χ3n) is 8.22. The maximum Gasteiger partial charge on any atom is 0.0737 e. The molecule has 9 rings (SSSR count). The number of H-pyrrole nitrogens is 2. The molecule has 42 heavy (non-hydrogen) atoms. The van der Waals surface area contributed by atoms with Crippen LogP contribution in [0.25, 0.3) is 89.8 Å². The molecule has 2 aliphatic heterocycles. The molecule has 0 saturated carbocycles. The second kappa shape index (κ2) is 8.88. The Morgan fingerprint density at radius 1 is 0.452 bits per heavy atom. The van der Waals surface area contributed by atoms with Gasteiger partial charge in [0.2, 0.25) is 0 Å². The van der Waals surface area contributed by atoms with E-state index in [1.807, 2.05) is 6.08 Å². The van der Waals surface area contributed by atoms with E-state index in [1.54, 1.807) is 0 Å². The average molecular weight is 537 g/mol. The Labute approximate surface area is 241 Å². The predicted molar refractivity (Wildman–Crippen MR) is 177 cm³/mol. The van der Waals surface area contributed by atoms with Gasteiger partial charge in [-0.2, -0.15) is 0 Å². The summed E-state index contributed by atoms with van der Waals surface area (Å²) < 4.78 is 0. The third kappa shape index (κ3) is 3.77. The van der Waals surface area contributed by atoms with Crippen LogP contribution in [0, 0.1) is 0 Å². The monoisotopic (exact) mass is 536 g/mol. The van der Waals surface area contributed by atoms with Gasteiger partial charge in [0, 0.05) is 27.6 Å². The minimum atomic E-state index is 0.908. The van der Waals surface area contributed by atoms with Crippen molar-refractivity contribution in [3.8, 4) is 11.1 Å². The summed E-state index contributed by atoms with van der Waals surface area (Å²) in [7, 11) is 0. The van der Waals surface area contributed by atoms with Crippen LogP contribution in [-0.4, -0.2) is 19.9 Å². The standard InChI is InChI=1S/C38H24N4/c1-2-5-25-19-34-26(18-24(25)4-1)9-8-23-6-3-7-33(37(23)34)38-35-16-14-31(41-35)21-29-12-10-27(39-29)20-28-11-13-30(40-28)22-32-15-17-36(38)42-32/h1-22,39,42H. The Morgan fingerprint density at radius 2 is 1.10 bits per heavy atom. The Kier molecular flexibility index (Phi) is 4.87. The molecular weight excluding hydrogens is 512 g/mol. The fraction of sp³-hybridized carbons (Fsp3) is 0. The second-order valence-electron chi connectivity index (χ2n) is 10.9. The number of fused-ring (bicyclic) bond motifs is 12. The van der Waals surface area contributed by atoms with Crippen molar-refractivity contribution in [1.29, 1.82) is 0 Å². The zero-order valence-electron chi connectivity index (χ0n) is 22.6. The number of hydrogen-bond acceptors (Lipinski definition) is 2. The summed E-state index contributed by atoms with van der Waals surface area (Å²) in [5.41, 5.74) is 9.92. The SMILES string of the molecule is C1=Cc2cc3ccc([nH]3)c(-c3cccc4ccc5cc6ccccc6cc5c34)c3nc(cc4ccc(cc1n2)[nH]4)C=C3. The number of aromatic amines is 2. The molecule has 0 spiro atoms. The molecule has 4 heteroatoms. The van der Waals surface area contributed by atoms with Gasteiger partial charge in [-0.1, -0.05) is 54.6 Å². The summed E-state index contributed by atoms with van der Waals surface area (Å²) >= 11 is 0. The first-order chi connectivity index (χ1) is 20.7. The zero-order valence-corrected chi connectivity index (χ0v) is 22.6. The molecule has 0 aliphatic carbocycles. The van der Waals surface area contributed by atoms with E-state index in [9.17, 15) is 0 Å². The van der Waals surface area contributed by atoms with Crippen molar-refractivity contribution in [3.63, 3.8) is 0 Å². The maximum atomic E-state index is 5.15. The molecule has 2 N–H and O–H groups in total. The van der Waals surface area contributed by atoms with Gasteiger partial charge in [-0.25, -0.2) is 9.97 Å². The van der Waals surface area contributed by atoms with Crippen molar-refractivity contribution in [2.75, 3.05) is 0 Å². The lowest BCUT2D eigenvalue weighted by atomic mass is 9.91. The first-order valence-electron chi connectivity index (χ1n) is 14.2. The summed E-state index contributed by atoms with van der Waals surface area (Å²) in [5, 5.41) is 7.38. The fourth-order valence-corrected chi connectivity index (χ4v) is 6.30. The Bertz CT molecular complexity index is 2470. The smallest absolute Gasteiger partial charge is 0.0737 e. The largest absolute Gasteiger partial charge is 0.355 e. The number of nitrogens with zero attached hydrogens (tertiary/aromatic N) is 2. The summed E-state index contributed by atoms with van der Waals surface area (Å²) in [6.45, 7) is 0. The molecule has 2 aliphatic rings. The van der Waals surface area contributed by atoms with Gasteiger partial charge < -0.3 is 9.97 Å². The van der Waals surface area contributed by atoms with E-state index < -0.39 is 0 Å². The first-order valence-corrected chi connectivity index (χ1v) is 14.2. The molecule has 5 heterocycles. The highest BCUT2D eigenvalue weighted by Crippen LogP contribution is 2.39. The zero-order chi connectivity index (χ0) is 27.6. The van der Waals surface area contributed by atoms with Crippen molar-refractivity contribution >= 4 is 78.7 Å². The van der Waals surface area contributed by atoms with E-state index in [0.717, 1.165) is 56.0 Å². The molecule has 0 amide bonds. The summed E-state index contributed by atoms with van der Waals surface area (Å²) in [6.07, 6.45) is 8.32. The third-order valence-corrected chi connectivity index (χ3v) is 8.22. The normalized spacial score (nSPS) is 12.6. The van der Waals surface area contributed by atoms with Gasteiger partial charge in [-0.05, 0) is 117 Å². The quantitative estimate of drug-likeness (QED) is 0.162. The average Bonchev–Trinajstić information content (AvgIpc) is 3.83. The maximum absolute atomic E-state index is 5.15. The van der Waals surface area contributed by atoms with Crippen LogP contribution in [0.15, 0.2) is 109 Å². The summed E-state index contributed by atoms with van der Waals surface area (Å²) in [4.78, 5) is 17.1. The van der Waals surface area contributed by atoms with E-state index >= 15 is 0 Å². The number of rotatable bonds is 1. The molecule has 7 aromatic rings. The van der Waals surface area contributed by atoms with Gasteiger partial charge >= 0.3 is 0 Å². The lowest BCUT2D eigenvalue weighted by Gasteiger charge is -2.12. The van der Waals surface area contributed by atoms with Crippen molar-refractivity contribution in [2.24, 2.45) is 0 Å². The van der Waals surface area contributed by atoms with E-state index in [-0.39, 0.29) is 0 Å². The first kappa shape index (κ1) is 23.0. The van der Waals surface area contributed by atoms with Gasteiger partial charge in [-0.15, -0.1) is 0 Å². The summed E-state index contributed by atoms with van der Waals surface area (Å²) in [5.74, 6) is 0. The minimum absolute atomic E-state index is 0.908. The van der Waals surface area contributed by atoms with E-state index in [1.165, 1.54) is 32.3 Å². The predicted octanol–water partition coefficient (Wildman–Crippen LogP) is 9.78. The highest BCUT2D eigenvalue weighted by molar-refractivity contribution is 6.18. The highest BCUT2D eigenvalue weighted by atomic mass is 14.8. The fourth-order valence-electron chi connectivity index (χ4n) is 6.30. The lowest BCUT2D eigenvalue weighted by Crippen LogP contribution is -1.89. The van der Waals surface area contributed by atoms with Crippen LogP contribution in [0.3, 0.4) is 0 Å². The molecule has 0 atom stereocenters. The van der Waals surface area contributed by atoms with E-state index in [2.05, 4.69) is 137 Å². The molecular formula is C38H24N4. The van der Waals surface area contributed by atoms with Crippen LogP contribution in [0.2, 0.25) is 0 Å². The van der Waals surface area contributed by atoms with Crippen molar-refractivity contribution in [3.05, 3.63) is 132 Å². The Morgan fingerprint density at radius 3 is 1.90 bits per heavy atom. The highest BCUT2D eigenvalue weighted by Gasteiger charge is 2.15. The van der Waals surface area contributed by atoms with Gasteiger partial charge in [0.05, 0.1) is 22.8 Å². The topological polar surface area (TPSA) is 57.4 Å². The van der Waals surface area contributed by atoms with Crippen molar-refractivity contribution in [2.45, 2.75) is 0 Å². The lowest BCUT2D eigenvalue weighted by molar-refractivity contribution is 1.31. The Hall–Kier alpha value is -5.74. The van der Waals surface area contributed by atoms with Gasteiger partial charge in [0.1, 0.15) is 0 Å². The molecule has 196 valence electrons. The van der Waals surface area contributed by atoms with Gasteiger partial charge in [0.15, 0.2) is 0 Å². The Balaban J connectivity index is 1.42. The number of hydrogen-bond donors (Lipinski definition) is 2. The molecule has 0 fully saturated rings. The number of benzene rings is 4. The van der Waals surface area contributed by atoms with Crippen molar-refractivity contribution < 1.29 is 0 Å². The van der Waals surface area contributed by atoms with Crippen LogP contribution in [0.5, 0.6) is 0 Å². The van der Waals surface area contributed by atoms with Crippen LogP contribution in [-0.2, 0) is 0 Å². The van der Waals surface area contributed by atoms with E-state index in [0.29, 0.717) is 0 Å². The van der Waals surface area contributed by atoms with Gasteiger partial charge in [0.25, 0.3) is 0 Å². The molecule has 0 saturated heterocycles. The molecule has 3 aromatic heterocycles. The van der Waals surface area contributed by atoms with Crippen LogP contribution in [0.1, 0.15) is 22.8 Å². The van der Waals surface area contributed by atoms with E-state index in [4.69, 9.17) is 9.97 Å². The van der Waals surface area contributed by atoms with Crippen LogP contribution < -0.4 is 0 Å². The summed E-state index contributed by atoms with van der Waals surface area (Å²) in [6, 6.07) is 38.9.